The van der Waals surface area contributed by atoms with Crippen molar-refractivity contribution in [3.63, 3.8) is 0 Å². The quantitative estimate of drug-likeness (QED) is 0.718. The van der Waals surface area contributed by atoms with Crippen LogP contribution in [0, 0.1) is 0 Å². The zero-order valence-corrected chi connectivity index (χ0v) is 14.9. The number of rotatable bonds is 3. The van der Waals surface area contributed by atoms with Crippen molar-refractivity contribution >= 4 is 29.5 Å². The summed E-state index contributed by atoms with van der Waals surface area (Å²) < 4.78 is 0. The molecular weight excluding hydrogens is 314 g/mol. The van der Waals surface area contributed by atoms with Crippen LogP contribution in [-0.4, -0.2) is 76.3 Å². The van der Waals surface area contributed by atoms with Gasteiger partial charge < -0.3 is 14.7 Å². The predicted molar refractivity (Wildman–Crippen MR) is 90.8 cm³/mol. The van der Waals surface area contributed by atoms with E-state index in [0.717, 1.165) is 6.42 Å². The van der Waals surface area contributed by atoms with Crippen molar-refractivity contribution in [2.24, 2.45) is 0 Å². The molecule has 128 valence electrons. The highest BCUT2D eigenvalue weighted by atomic mass is 32.2. The molecule has 2 rings (SSSR count). The van der Waals surface area contributed by atoms with Crippen molar-refractivity contribution in [2.45, 2.75) is 33.2 Å². The van der Waals surface area contributed by atoms with Crippen molar-refractivity contribution in [2.75, 3.05) is 37.8 Å². The molecule has 3 amide bonds. The van der Waals surface area contributed by atoms with Gasteiger partial charge in [0.1, 0.15) is 6.04 Å². The van der Waals surface area contributed by atoms with Gasteiger partial charge in [-0.25, -0.2) is 0 Å². The summed E-state index contributed by atoms with van der Waals surface area (Å²) >= 11 is 1.62. The number of piperazine rings is 1. The Morgan fingerprint density at radius 1 is 1.09 bits per heavy atom. The third-order valence-electron chi connectivity index (χ3n) is 4.31. The lowest BCUT2D eigenvalue weighted by Gasteiger charge is -2.36. The second-order valence-electron chi connectivity index (χ2n) is 5.92. The Labute approximate surface area is 141 Å². The van der Waals surface area contributed by atoms with Crippen molar-refractivity contribution in [1.82, 2.24) is 14.7 Å². The number of hydrogen-bond acceptors (Lipinski definition) is 4. The lowest BCUT2D eigenvalue weighted by Crippen LogP contribution is -2.55. The van der Waals surface area contributed by atoms with Crippen LogP contribution in [0.15, 0.2) is 11.6 Å². The molecule has 0 saturated carbocycles. The van der Waals surface area contributed by atoms with Gasteiger partial charge >= 0.3 is 0 Å². The third kappa shape index (κ3) is 4.07. The van der Waals surface area contributed by atoms with Crippen LogP contribution in [0.25, 0.3) is 0 Å². The van der Waals surface area contributed by atoms with Crippen molar-refractivity contribution in [3.8, 4) is 0 Å². The molecule has 0 radical (unpaired) electrons. The molecule has 0 spiro atoms. The van der Waals surface area contributed by atoms with E-state index in [1.54, 1.807) is 33.4 Å². The van der Waals surface area contributed by atoms with Gasteiger partial charge in [0.05, 0.1) is 5.88 Å². The standard InChI is InChI=1S/C16H25N3O3S/c1-4-5-12(2)15(21)19-11-23-10-14(19)16(22)18-8-6-17(7-9-18)13(3)20/h5,14H,4,6-11H2,1-3H3/b12-5-/t14-/m0/s1. The van der Waals surface area contributed by atoms with Gasteiger partial charge in [0.2, 0.25) is 11.8 Å². The molecule has 0 aliphatic carbocycles. The predicted octanol–water partition coefficient (Wildman–Crippen LogP) is 0.935. The summed E-state index contributed by atoms with van der Waals surface area (Å²) in [5.74, 6) is 1.23. The van der Waals surface area contributed by atoms with Gasteiger partial charge in [0.15, 0.2) is 0 Å². The molecule has 6 nitrogen and oxygen atoms in total. The van der Waals surface area contributed by atoms with Gasteiger partial charge in [-0.2, -0.15) is 0 Å². The molecule has 2 saturated heterocycles. The third-order valence-corrected chi connectivity index (χ3v) is 5.32. The number of amides is 3. The van der Waals surface area contributed by atoms with Gasteiger partial charge in [0.25, 0.3) is 5.91 Å². The molecule has 2 aliphatic heterocycles. The van der Waals surface area contributed by atoms with Crippen LogP contribution >= 0.6 is 11.8 Å². The van der Waals surface area contributed by atoms with E-state index in [4.69, 9.17) is 0 Å². The van der Waals surface area contributed by atoms with E-state index in [2.05, 4.69) is 0 Å². The van der Waals surface area contributed by atoms with Gasteiger partial charge in [-0.05, 0) is 13.3 Å². The molecule has 0 bridgehead atoms. The fourth-order valence-corrected chi connectivity index (χ4v) is 4.06. The topological polar surface area (TPSA) is 60.9 Å². The van der Waals surface area contributed by atoms with Crippen molar-refractivity contribution in [3.05, 3.63) is 11.6 Å². The highest BCUT2D eigenvalue weighted by Crippen LogP contribution is 2.25. The average Bonchev–Trinajstić information content (AvgIpc) is 3.03. The first-order valence-electron chi connectivity index (χ1n) is 8.05. The lowest BCUT2D eigenvalue weighted by molar-refractivity contribution is -0.144. The summed E-state index contributed by atoms with van der Waals surface area (Å²) in [6, 6.07) is -0.378. The van der Waals surface area contributed by atoms with E-state index in [1.807, 2.05) is 19.9 Å². The van der Waals surface area contributed by atoms with Crippen LogP contribution in [0.4, 0.5) is 0 Å². The Hall–Kier alpha value is -1.50. The summed E-state index contributed by atoms with van der Waals surface area (Å²) in [7, 11) is 0. The minimum absolute atomic E-state index is 0.0100. The van der Waals surface area contributed by atoms with Crippen molar-refractivity contribution < 1.29 is 14.4 Å². The Balaban J connectivity index is 2.00. The zero-order valence-electron chi connectivity index (χ0n) is 14.1. The summed E-state index contributed by atoms with van der Waals surface area (Å²) in [4.78, 5) is 41.9. The number of nitrogens with zero attached hydrogens (tertiary/aromatic N) is 3. The summed E-state index contributed by atoms with van der Waals surface area (Å²) in [5, 5.41) is 0. The molecule has 1 atom stereocenters. The number of hydrogen-bond donors (Lipinski definition) is 0. The number of carbonyl (C=O) groups excluding carboxylic acids is 3. The number of carbonyl (C=O) groups is 3. The number of allylic oxidation sites excluding steroid dienone is 1. The Bertz CT molecular complexity index is 513. The molecule has 0 unspecified atom stereocenters. The average molecular weight is 339 g/mol. The van der Waals surface area contributed by atoms with Crippen molar-refractivity contribution in [1.29, 1.82) is 0 Å². The Morgan fingerprint density at radius 2 is 1.70 bits per heavy atom. The van der Waals surface area contributed by atoms with E-state index >= 15 is 0 Å². The van der Waals surface area contributed by atoms with E-state index in [-0.39, 0.29) is 23.8 Å². The molecule has 7 heteroatoms. The molecule has 23 heavy (non-hydrogen) atoms. The van der Waals surface area contributed by atoms with Crippen LogP contribution in [-0.2, 0) is 14.4 Å². The minimum Gasteiger partial charge on any atom is -0.339 e. The number of thioether (sulfide) groups is 1. The maximum absolute atomic E-state index is 12.8. The highest BCUT2D eigenvalue weighted by Gasteiger charge is 2.38. The second kappa shape index (κ2) is 7.86. The van der Waals surface area contributed by atoms with Gasteiger partial charge in [-0.15, -0.1) is 11.8 Å². The van der Waals surface area contributed by atoms with Crippen LogP contribution < -0.4 is 0 Å². The Morgan fingerprint density at radius 3 is 2.26 bits per heavy atom. The molecule has 0 N–H and O–H groups in total. The molecule has 2 heterocycles. The highest BCUT2D eigenvalue weighted by molar-refractivity contribution is 7.99. The van der Waals surface area contributed by atoms with Crippen LogP contribution in [0.3, 0.4) is 0 Å². The first-order valence-corrected chi connectivity index (χ1v) is 9.21. The van der Waals surface area contributed by atoms with Crippen LogP contribution in [0.2, 0.25) is 0 Å². The fraction of sp³-hybridized carbons (Fsp3) is 0.688. The Kier molecular flexibility index (Phi) is 6.10. The first kappa shape index (κ1) is 17.8. The fourth-order valence-electron chi connectivity index (χ4n) is 2.92. The zero-order chi connectivity index (χ0) is 17.0. The largest absolute Gasteiger partial charge is 0.339 e. The normalized spacial score (nSPS) is 22.5. The molecular formula is C16H25N3O3S. The van der Waals surface area contributed by atoms with E-state index in [0.29, 0.717) is 43.4 Å². The molecule has 0 aromatic heterocycles. The maximum atomic E-state index is 12.8. The van der Waals surface area contributed by atoms with E-state index in [1.165, 1.54) is 0 Å². The summed E-state index contributed by atoms with van der Waals surface area (Å²) in [6.45, 7) is 7.59. The maximum Gasteiger partial charge on any atom is 0.250 e. The van der Waals surface area contributed by atoms with Crippen LogP contribution in [0.1, 0.15) is 27.2 Å². The molecule has 0 aromatic rings. The second-order valence-corrected chi connectivity index (χ2v) is 6.92. The summed E-state index contributed by atoms with van der Waals surface area (Å²) in [5.41, 5.74) is 0.703. The van der Waals surface area contributed by atoms with E-state index in [9.17, 15) is 14.4 Å². The lowest BCUT2D eigenvalue weighted by atomic mass is 10.1. The monoisotopic (exact) mass is 339 g/mol. The SMILES string of the molecule is CC/C=C(/C)C(=O)N1CSC[C@H]1C(=O)N1CCN(C(C)=O)CC1. The molecule has 2 fully saturated rings. The molecule has 2 aliphatic rings. The summed E-state index contributed by atoms with van der Waals surface area (Å²) in [6.07, 6.45) is 2.71. The van der Waals surface area contributed by atoms with Crippen LogP contribution in [0.5, 0.6) is 0 Å². The molecule has 0 aromatic carbocycles. The van der Waals surface area contributed by atoms with E-state index < -0.39 is 0 Å². The van der Waals surface area contributed by atoms with Gasteiger partial charge in [0, 0.05) is 44.4 Å². The first-order chi connectivity index (χ1) is 11.0. The van der Waals surface area contributed by atoms with Gasteiger partial charge in [-0.3, -0.25) is 14.4 Å². The smallest absolute Gasteiger partial charge is 0.250 e. The van der Waals surface area contributed by atoms with Gasteiger partial charge in [-0.1, -0.05) is 13.0 Å². The minimum atomic E-state index is -0.378.